The minimum absolute atomic E-state index is 0.794. The molecule has 1 rings (SSSR count). The van der Waals surface area contributed by atoms with Gasteiger partial charge in [-0.3, -0.25) is 0 Å². The van der Waals surface area contributed by atoms with Crippen LogP contribution in [0.5, 0.6) is 0 Å². The van der Waals surface area contributed by atoms with Crippen LogP contribution >= 0.6 is 0 Å². The van der Waals surface area contributed by atoms with Gasteiger partial charge in [-0.2, -0.15) is 0 Å². The van der Waals surface area contributed by atoms with Gasteiger partial charge in [0.15, 0.2) is 0 Å². The topological polar surface area (TPSA) is 26.0 Å². The second-order valence-corrected chi connectivity index (χ2v) is 5.07. The molecule has 1 nitrogen and oxygen atoms in total. The van der Waals surface area contributed by atoms with Crippen molar-refractivity contribution < 1.29 is 0 Å². The Bertz CT molecular complexity index is 151. The van der Waals surface area contributed by atoms with E-state index in [4.69, 9.17) is 5.73 Å². The number of hydrogen-bond acceptors (Lipinski definition) is 1. The summed E-state index contributed by atoms with van der Waals surface area (Å²) in [7, 11) is 0. The van der Waals surface area contributed by atoms with Crippen molar-refractivity contribution in [2.24, 2.45) is 29.4 Å². The second kappa shape index (κ2) is 5.75. The van der Waals surface area contributed by atoms with Crippen molar-refractivity contribution in [1.82, 2.24) is 0 Å². The van der Waals surface area contributed by atoms with Crippen LogP contribution in [0.4, 0.5) is 0 Å². The molecule has 0 aliphatic heterocycles. The number of hydrogen-bond donors (Lipinski definition) is 1. The van der Waals surface area contributed by atoms with E-state index in [-0.39, 0.29) is 0 Å². The lowest BCUT2D eigenvalue weighted by Gasteiger charge is -2.47. The molecule has 0 heterocycles. The van der Waals surface area contributed by atoms with Gasteiger partial charge in [0.1, 0.15) is 0 Å². The molecule has 14 heavy (non-hydrogen) atoms. The maximum Gasteiger partial charge on any atom is -0.00462 e. The third-order valence-electron chi connectivity index (χ3n) is 4.35. The van der Waals surface area contributed by atoms with Gasteiger partial charge in [0.25, 0.3) is 0 Å². The highest BCUT2D eigenvalue weighted by atomic mass is 14.6. The van der Waals surface area contributed by atoms with Crippen LogP contribution in [-0.2, 0) is 0 Å². The number of rotatable bonds is 6. The van der Waals surface area contributed by atoms with E-state index in [0.29, 0.717) is 0 Å². The van der Waals surface area contributed by atoms with Gasteiger partial charge in [-0.1, -0.05) is 46.5 Å². The van der Waals surface area contributed by atoms with Gasteiger partial charge in [-0.25, -0.2) is 0 Å². The minimum atomic E-state index is 0.794. The van der Waals surface area contributed by atoms with E-state index in [0.717, 1.165) is 30.2 Å². The van der Waals surface area contributed by atoms with E-state index < -0.39 is 0 Å². The molecule has 4 atom stereocenters. The van der Waals surface area contributed by atoms with E-state index in [1.54, 1.807) is 0 Å². The molecular weight excluding hydrogens is 170 g/mol. The standard InChI is InChI=1S/C13H27N/c1-4-6-7-12-8-13(10(12)3)11(5-2)9-14/h10-13H,4-9,14H2,1-3H3. The van der Waals surface area contributed by atoms with Gasteiger partial charge < -0.3 is 5.73 Å². The first-order valence-electron chi connectivity index (χ1n) is 6.44. The first-order chi connectivity index (χ1) is 6.74. The fraction of sp³-hybridized carbons (Fsp3) is 1.00. The average Bonchev–Trinajstić information content (AvgIpc) is 2.22. The van der Waals surface area contributed by atoms with E-state index in [1.807, 2.05) is 0 Å². The fourth-order valence-electron chi connectivity index (χ4n) is 3.05. The Morgan fingerprint density at radius 1 is 1.36 bits per heavy atom. The Hall–Kier alpha value is -0.0400. The van der Waals surface area contributed by atoms with Crippen molar-refractivity contribution in [1.29, 1.82) is 0 Å². The quantitative estimate of drug-likeness (QED) is 0.693. The zero-order chi connectivity index (χ0) is 10.6. The summed E-state index contributed by atoms with van der Waals surface area (Å²) in [6.45, 7) is 7.90. The predicted octanol–water partition coefficient (Wildman–Crippen LogP) is 3.43. The van der Waals surface area contributed by atoms with E-state index in [1.165, 1.54) is 32.1 Å². The molecule has 84 valence electrons. The summed E-state index contributed by atoms with van der Waals surface area (Å²) >= 11 is 0. The smallest absolute Gasteiger partial charge is 0.00462 e. The molecule has 1 fully saturated rings. The molecule has 0 bridgehead atoms. The highest BCUT2D eigenvalue weighted by Gasteiger charge is 2.40. The Labute approximate surface area is 89.5 Å². The summed E-state index contributed by atoms with van der Waals surface area (Å²) in [4.78, 5) is 0. The third kappa shape index (κ3) is 2.50. The van der Waals surface area contributed by atoms with Gasteiger partial charge in [0, 0.05) is 0 Å². The molecule has 0 radical (unpaired) electrons. The van der Waals surface area contributed by atoms with Crippen molar-refractivity contribution in [3.63, 3.8) is 0 Å². The predicted molar refractivity (Wildman–Crippen MR) is 63.1 cm³/mol. The molecular formula is C13H27N. The summed E-state index contributed by atoms with van der Waals surface area (Å²) < 4.78 is 0. The van der Waals surface area contributed by atoms with Gasteiger partial charge in [0.2, 0.25) is 0 Å². The first kappa shape index (κ1) is 12.0. The van der Waals surface area contributed by atoms with Gasteiger partial charge in [-0.15, -0.1) is 0 Å². The van der Waals surface area contributed by atoms with Crippen LogP contribution in [0.25, 0.3) is 0 Å². The van der Waals surface area contributed by atoms with E-state index >= 15 is 0 Å². The highest BCUT2D eigenvalue weighted by molar-refractivity contribution is 4.90. The SMILES string of the molecule is CCCCC1CC(C(CC)CN)C1C. The Kier molecular flexibility index (Phi) is 4.94. The summed E-state index contributed by atoms with van der Waals surface area (Å²) in [6, 6.07) is 0. The normalized spacial score (nSPS) is 33.9. The second-order valence-electron chi connectivity index (χ2n) is 5.07. The van der Waals surface area contributed by atoms with Crippen molar-refractivity contribution in [3.05, 3.63) is 0 Å². The summed E-state index contributed by atoms with van der Waals surface area (Å²) in [6.07, 6.45) is 6.95. The van der Waals surface area contributed by atoms with Crippen LogP contribution in [0, 0.1) is 23.7 Å². The summed E-state index contributed by atoms with van der Waals surface area (Å²) in [5.41, 5.74) is 5.80. The maximum atomic E-state index is 5.80. The molecule has 0 spiro atoms. The summed E-state index contributed by atoms with van der Waals surface area (Å²) in [5.74, 6) is 3.69. The molecule has 1 aliphatic rings. The van der Waals surface area contributed by atoms with E-state index in [2.05, 4.69) is 20.8 Å². The Morgan fingerprint density at radius 3 is 2.50 bits per heavy atom. The van der Waals surface area contributed by atoms with E-state index in [9.17, 15) is 0 Å². The molecule has 0 saturated heterocycles. The molecule has 0 aromatic rings. The minimum Gasteiger partial charge on any atom is -0.330 e. The summed E-state index contributed by atoms with van der Waals surface area (Å²) in [5, 5.41) is 0. The van der Waals surface area contributed by atoms with Crippen LogP contribution < -0.4 is 5.73 Å². The monoisotopic (exact) mass is 197 g/mol. The van der Waals surface area contributed by atoms with Crippen molar-refractivity contribution in [3.8, 4) is 0 Å². The van der Waals surface area contributed by atoms with Crippen LogP contribution in [0.3, 0.4) is 0 Å². The van der Waals surface area contributed by atoms with Crippen molar-refractivity contribution >= 4 is 0 Å². The zero-order valence-electron chi connectivity index (χ0n) is 10.1. The van der Waals surface area contributed by atoms with Gasteiger partial charge in [0.05, 0.1) is 0 Å². The lowest BCUT2D eigenvalue weighted by atomic mass is 9.59. The van der Waals surface area contributed by atoms with Gasteiger partial charge in [-0.05, 0) is 36.6 Å². The molecule has 4 unspecified atom stereocenters. The Balaban J connectivity index is 2.27. The third-order valence-corrected chi connectivity index (χ3v) is 4.35. The molecule has 1 heteroatoms. The molecule has 0 amide bonds. The van der Waals surface area contributed by atoms with Crippen LogP contribution in [-0.4, -0.2) is 6.54 Å². The Morgan fingerprint density at radius 2 is 2.07 bits per heavy atom. The largest absolute Gasteiger partial charge is 0.330 e. The van der Waals surface area contributed by atoms with Crippen molar-refractivity contribution in [2.75, 3.05) is 6.54 Å². The lowest BCUT2D eigenvalue weighted by molar-refractivity contribution is 0.0306. The molecule has 0 aromatic carbocycles. The zero-order valence-corrected chi connectivity index (χ0v) is 10.1. The maximum absolute atomic E-state index is 5.80. The first-order valence-corrected chi connectivity index (χ1v) is 6.44. The number of unbranched alkanes of at least 4 members (excludes halogenated alkanes) is 1. The van der Waals surface area contributed by atoms with Crippen LogP contribution in [0.1, 0.15) is 52.9 Å². The van der Waals surface area contributed by atoms with Crippen LogP contribution in [0.15, 0.2) is 0 Å². The van der Waals surface area contributed by atoms with Crippen molar-refractivity contribution in [2.45, 2.75) is 52.9 Å². The highest BCUT2D eigenvalue weighted by Crippen LogP contribution is 2.47. The average molecular weight is 197 g/mol. The molecule has 1 aliphatic carbocycles. The fourth-order valence-corrected chi connectivity index (χ4v) is 3.05. The molecule has 2 N–H and O–H groups in total. The van der Waals surface area contributed by atoms with Gasteiger partial charge >= 0.3 is 0 Å². The molecule has 0 aromatic heterocycles. The lowest BCUT2D eigenvalue weighted by Crippen LogP contribution is -2.41. The molecule has 1 saturated carbocycles. The van der Waals surface area contributed by atoms with Crippen LogP contribution in [0.2, 0.25) is 0 Å². The number of nitrogens with two attached hydrogens (primary N) is 1.